The summed E-state index contributed by atoms with van der Waals surface area (Å²) in [6.45, 7) is 9.90. The van der Waals surface area contributed by atoms with Crippen LogP contribution in [0, 0.1) is 0 Å². The lowest BCUT2D eigenvalue weighted by Gasteiger charge is -2.16. The van der Waals surface area contributed by atoms with Gasteiger partial charge < -0.3 is 62.3 Å². The van der Waals surface area contributed by atoms with E-state index in [1.165, 1.54) is 0 Å². The van der Waals surface area contributed by atoms with Crippen molar-refractivity contribution < 1.29 is 62.3 Å². The molecular formula is C24H48O13. The summed E-state index contributed by atoms with van der Waals surface area (Å²) in [5.74, 6) is 0. The first-order chi connectivity index (χ1) is 18.4. The van der Waals surface area contributed by atoms with E-state index in [0.29, 0.717) is 132 Å². The smallest absolute Gasteiger partial charge is 0.104 e. The summed E-state index contributed by atoms with van der Waals surface area (Å²) in [6, 6.07) is 0. The van der Waals surface area contributed by atoms with Crippen molar-refractivity contribution in [2.24, 2.45) is 0 Å². The number of ether oxygens (including phenoxy) is 11. The Hall–Kier alpha value is -0.520. The van der Waals surface area contributed by atoms with E-state index in [1.807, 2.05) is 0 Å². The molecule has 0 amide bonds. The predicted molar refractivity (Wildman–Crippen MR) is 131 cm³/mol. The molecule has 2 aliphatic heterocycles. The molecule has 0 bridgehead atoms. The third-order valence-electron chi connectivity index (χ3n) is 4.78. The van der Waals surface area contributed by atoms with Gasteiger partial charge in [-0.15, -0.1) is 0 Å². The van der Waals surface area contributed by atoms with Crippen LogP contribution in [0.15, 0.2) is 0 Å². The molecule has 0 aromatic heterocycles. The van der Waals surface area contributed by atoms with Gasteiger partial charge in [0.05, 0.1) is 145 Å². The molecule has 2 rings (SSSR count). The second-order valence-corrected chi connectivity index (χ2v) is 7.79. The van der Waals surface area contributed by atoms with Gasteiger partial charge in [-0.25, -0.2) is 0 Å². The van der Waals surface area contributed by atoms with Crippen molar-refractivity contribution in [3.8, 4) is 0 Å². The topological polar surface area (TPSA) is 142 Å². The van der Waals surface area contributed by atoms with Gasteiger partial charge >= 0.3 is 0 Å². The maximum absolute atomic E-state index is 9.13. The Morgan fingerprint density at radius 3 is 0.784 bits per heavy atom. The Bertz CT molecular complexity index is 413. The number of rotatable bonds is 2. The second kappa shape index (κ2) is 28.5. The molecule has 2 unspecified atom stereocenters. The summed E-state index contributed by atoms with van der Waals surface area (Å²) < 4.78 is 58.7. The Morgan fingerprint density at radius 1 is 0.324 bits per heavy atom. The van der Waals surface area contributed by atoms with Gasteiger partial charge in [0, 0.05) is 0 Å². The van der Waals surface area contributed by atoms with E-state index in [1.54, 1.807) is 0 Å². The summed E-state index contributed by atoms with van der Waals surface area (Å²) in [5.41, 5.74) is 0. The van der Waals surface area contributed by atoms with Gasteiger partial charge in [-0.3, -0.25) is 0 Å². The molecule has 0 aromatic rings. The van der Waals surface area contributed by atoms with Crippen LogP contribution in [-0.4, -0.2) is 168 Å². The van der Waals surface area contributed by atoms with Crippen LogP contribution in [0.1, 0.15) is 0 Å². The highest BCUT2D eigenvalue weighted by Gasteiger charge is 2.09. The zero-order valence-corrected chi connectivity index (χ0v) is 22.1. The van der Waals surface area contributed by atoms with E-state index < -0.39 is 0 Å². The summed E-state index contributed by atoms with van der Waals surface area (Å²) in [4.78, 5) is 0. The molecule has 0 radical (unpaired) electrons. The molecule has 37 heavy (non-hydrogen) atoms. The van der Waals surface area contributed by atoms with Crippen LogP contribution in [0.2, 0.25) is 0 Å². The third kappa shape index (κ3) is 24.3. The van der Waals surface area contributed by atoms with Crippen molar-refractivity contribution >= 4 is 0 Å². The number of aliphatic hydroxyl groups is 2. The summed E-state index contributed by atoms with van der Waals surface area (Å²) in [6.07, 6.45) is -0.614. The number of aliphatic hydroxyl groups excluding tert-OH is 2. The molecule has 0 saturated carbocycles. The molecular weight excluding hydrogens is 496 g/mol. The predicted octanol–water partition coefficient (Wildman–Crippen LogP) is -1.10. The standard InChI is InChI=1S/C13H26O7.C11H22O6/c14-11-13-12-19-8-7-17-4-3-15-1-2-16-5-6-18-9-10-20-13;12-9-11-10-16-6-5-14-2-1-13-3-4-15-7-8-17-11/h13-14H,1-12H2;11-12H,1-10H2. The molecule has 2 fully saturated rings. The Morgan fingerprint density at radius 2 is 0.541 bits per heavy atom. The van der Waals surface area contributed by atoms with Crippen LogP contribution >= 0.6 is 0 Å². The van der Waals surface area contributed by atoms with Crippen molar-refractivity contribution in [3.63, 3.8) is 0 Å². The lowest BCUT2D eigenvalue weighted by Crippen LogP contribution is -2.27. The third-order valence-corrected chi connectivity index (χ3v) is 4.78. The fourth-order valence-corrected chi connectivity index (χ4v) is 2.82. The van der Waals surface area contributed by atoms with Gasteiger partial charge in [0.2, 0.25) is 0 Å². The van der Waals surface area contributed by atoms with Crippen molar-refractivity contribution in [1.82, 2.24) is 0 Å². The van der Waals surface area contributed by atoms with Gasteiger partial charge in [-0.1, -0.05) is 0 Å². The minimum atomic E-state index is -0.322. The van der Waals surface area contributed by atoms with E-state index >= 15 is 0 Å². The van der Waals surface area contributed by atoms with Crippen molar-refractivity contribution in [3.05, 3.63) is 0 Å². The number of hydrogen-bond donors (Lipinski definition) is 2. The zero-order valence-electron chi connectivity index (χ0n) is 22.1. The summed E-state index contributed by atoms with van der Waals surface area (Å²) >= 11 is 0. The maximum atomic E-state index is 9.13. The number of hydrogen-bond acceptors (Lipinski definition) is 13. The first-order valence-electron chi connectivity index (χ1n) is 13.0. The molecule has 2 saturated heterocycles. The fourth-order valence-electron chi connectivity index (χ4n) is 2.82. The fraction of sp³-hybridized carbons (Fsp3) is 1.00. The molecule has 13 nitrogen and oxygen atoms in total. The SMILES string of the molecule is OCC1COCCOCCOCCOCCO1.OCC1COCCOCCOCCOCCOCCO1. The highest BCUT2D eigenvalue weighted by molar-refractivity contribution is 4.55. The van der Waals surface area contributed by atoms with E-state index in [0.717, 1.165) is 0 Å². The first-order valence-corrected chi connectivity index (χ1v) is 13.0. The van der Waals surface area contributed by atoms with E-state index in [4.69, 9.17) is 62.3 Å². The maximum Gasteiger partial charge on any atom is 0.104 e. The van der Waals surface area contributed by atoms with Crippen LogP contribution in [0.4, 0.5) is 0 Å². The summed E-state index contributed by atoms with van der Waals surface area (Å²) in [7, 11) is 0. The van der Waals surface area contributed by atoms with Crippen LogP contribution in [0.3, 0.4) is 0 Å². The van der Waals surface area contributed by atoms with Gasteiger partial charge in [0.25, 0.3) is 0 Å². The largest absolute Gasteiger partial charge is 0.394 e. The minimum Gasteiger partial charge on any atom is -0.394 e. The summed E-state index contributed by atoms with van der Waals surface area (Å²) in [5, 5.41) is 18.2. The molecule has 2 aliphatic rings. The second-order valence-electron chi connectivity index (χ2n) is 7.79. The Balaban J connectivity index is 0.000000375. The first kappa shape index (κ1) is 34.5. The van der Waals surface area contributed by atoms with Crippen LogP contribution in [-0.2, 0) is 52.1 Å². The van der Waals surface area contributed by atoms with Gasteiger partial charge in [-0.05, 0) is 0 Å². The molecule has 222 valence electrons. The molecule has 0 aromatic carbocycles. The van der Waals surface area contributed by atoms with Crippen LogP contribution in [0.25, 0.3) is 0 Å². The highest BCUT2D eigenvalue weighted by Crippen LogP contribution is 1.95. The lowest BCUT2D eigenvalue weighted by atomic mass is 10.4. The average molecular weight is 545 g/mol. The molecule has 2 atom stereocenters. The molecule has 13 heteroatoms. The van der Waals surface area contributed by atoms with Crippen molar-refractivity contribution in [2.75, 3.05) is 145 Å². The van der Waals surface area contributed by atoms with Gasteiger partial charge in [0.1, 0.15) is 12.2 Å². The zero-order chi connectivity index (χ0) is 26.5. The van der Waals surface area contributed by atoms with Crippen LogP contribution in [0.5, 0.6) is 0 Å². The van der Waals surface area contributed by atoms with Gasteiger partial charge in [-0.2, -0.15) is 0 Å². The van der Waals surface area contributed by atoms with Crippen molar-refractivity contribution in [1.29, 1.82) is 0 Å². The van der Waals surface area contributed by atoms with E-state index in [-0.39, 0.29) is 25.4 Å². The Kier molecular flexibility index (Phi) is 26.6. The van der Waals surface area contributed by atoms with E-state index in [2.05, 4.69) is 0 Å². The monoisotopic (exact) mass is 544 g/mol. The minimum absolute atomic E-state index is 0.0516. The lowest BCUT2D eigenvalue weighted by molar-refractivity contribution is -0.0740. The average Bonchev–Trinajstić information content (AvgIpc) is 2.93. The van der Waals surface area contributed by atoms with E-state index in [9.17, 15) is 0 Å². The molecule has 0 spiro atoms. The molecule has 0 aliphatic carbocycles. The van der Waals surface area contributed by atoms with Crippen molar-refractivity contribution in [2.45, 2.75) is 12.2 Å². The highest BCUT2D eigenvalue weighted by atomic mass is 16.6. The Labute approximate surface area is 220 Å². The molecule has 2 N–H and O–H groups in total. The molecule has 2 heterocycles. The normalized spacial score (nSPS) is 26.8. The van der Waals surface area contributed by atoms with Gasteiger partial charge in [0.15, 0.2) is 0 Å². The van der Waals surface area contributed by atoms with Crippen LogP contribution < -0.4 is 0 Å². The quantitative estimate of drug-likeness (QED) is 0.435.